The van der Waals surface area contributed by atoms with Crippen molar-refractivity contribution in [2.45, 2.75) is 45.7 Å². The Balaban J connectivity index is 2.14. The molecule has 126 valence electrons. The standard InChI is InChI=1S/C21H25NO2/c1-14-6-4-7-17(12-14)20(18-13-15(2)9-10-16(18)3)22-11-5-8-19(22)21(23)24/h4,6-7,9-10,12-13,19-20H,5,8,11H2,1-3H3,(H,23,24). The Hall–Kier alpha value is -2.13. The molecule has 2 aromatic rings. The van der Waals surface area contributed by atoms with Crippen molar-refractivity contribution in [3.63, 3.8) is 0 Å². The van der Waals surface area contributed by atoms with E-state index in [2.05, 4.69) is 68.1 Å². The number of carbonyl (C=O) groups is 1. The number of likely N-dealkylation sites (tertiary alicyclic amines) is 1. The van der Waals surface area contributed by atoms with Gasteiger partial charge in [0.1, 0.15) is 6.04 Å². The first-order valence-corrected chi connectivity index (χ1v) is 8.59. The minimum atomic E-state index is -0.713. The lowest BCUT2D eigenvalue weighted by Crippen LogP contribution is -2.39. The van der Waals surface area contributed by atoms with Gasteiger partial charge in [-0.3, -0.25) is 9.69 Å². The molecule has 1 aliphatic heterocycles. The molecule has 2 unspecified atom stereocenters. The third-order valence-electron chi connectivity index (χ3n) is 5.00. The van der Waals surface area contributed by atoms with E-state index in [-0.39, 0.29) is 6.04 Å². The molecule has 1 aliphatic rings. The Labute approximate surface area is 143 Å². The second-order valence-electron chi connectivity index (χ2n) is 6.91. The zero-order chi connectivity index (χ0) is 17.3. The minimum Gasteiger partial charge on any atom is -0.480 e. The predicted molar refractivity (Wildman–Crippen MR) is 96.3 cm³/mol. The Morgan fingerprint density at radius 3 is 2.58 bits per heavy atom. The molecule has 0 aliphatic carbocycles. The van der Waals surface area contributed by atoms with Crippen molar-refractivity contribution in [2.75, 3.05) is 6.54 Å². The molecule has 24 heavy (non-hydrogen) atoms. The molecule has 1 N–H and O–H groups in total. The molecule has 0 spiro atoms. The van der Waals surface area contributed by atoms with Gasteiger partial charge in [0.05, 0.1) is 6.04 Å². The third kappa shape index (κ3) is 3.22. The molecular weight excluding hydrogens is 298 g/mol. The number of nitrogens with zero attached hydrogens (tertiary/aromatic N) is 1. The highest BCUT2D eigenvalue weighted by Gasteiger charge is 2.37. The van der Waals surface area contributed by atoms with Crippen LogP contribution in [0.4, 0.5) is 0 Å². The summed E-state index contributed by atoms with van der Waals surface area (Å²) in [6, 6.07) is 14.5. The number of hydrogen-bond acceptors (Lipinski definition) is 2. The van der Waals surface area contributed by atoms with E-state index < -0.39 is 12.0 Å². The quantitative estimate of drug-likeness (QED) is 0.914. The average Bonchev–Trinajstić information content (AvgIpc) is 3.01. The Morgan fingerprint density at radius 1 is 1.12 bits per heavy atom. The van der Waals surface area contributed by atoms with Crippen LogP contribution in [0.5, 0.6) is 0 Å². The topological polar surface area (TPSA) is 40.5 Å². The predicted octanol–water partition coefficient (Wildman–Crippen LogP) is 4.25. The van der Waals surface area contributed by atoms with Crippen LogP contribution >= 0.6 is 0 Å². The second-order valence-corrected chi connectivity index (χ2v) is 6.91. The van der Waals surface area contributed by atoms with Gasteiger partial charge < -0.3 is 5.11 Å². The highest BCUT2D eigenvalue weighted by Crippen LogP contribution is 2.37. The molecule has 3 heteroatoms. The van der Waals surface area contributed by atoms with Crippen LogP contribution in [0.1, 0.15) is 46.7 Å². The van der Waals surface area contributed by atoms with Crippen molar-refractivity contribution >= 4 is 5.97 Å². The maximum absolute atomic E-state index is 11.8. The number of aliphatic carboxylic acids is 1. The zero-order valence-corrected chi connectivity index (χ0v) is 14.6. The molecule has 2 atom stereocenters. The summed E-state index contributed by atoms with van der Waals surface area (Å²) in [7, 11) is 0. The van der Waals surface area contributed by atoms with Crippen LogP contribution in [0.2, 0.25) is 0 Å². The number of aryl methyl sites for hydroxylation is 3. The summed E-state index contributed by atoms with van der Waals surface area (Å²) in [5, 5.41) is 9.66. The smallest absolute Gasteiger partial charge is 0.320 e. The van der Waals surface area contributed by atoms with Crippen molar-refractivity contribution in [1.82, 2.24) is 4.90 Å². The summed E-state index contributed by atoms with van der Waals surface area (Å²) in [5.74, 6) is -0.713. The van der Waals surface area contributed by atoms with E-state index in [4.69, 9.17) is 0 Å². The van der Waals surface area contributed by atoms with Gasteiger partial charge in [-0.2, -0.15) is 0 Å². The van der Waals surface area contributed by atoms with E-state index in [0.717, 1.165) is 19.4 Å². The molecule has 1 saturated heterocycles. The van der Waals surface area contributed by atoms with E-state index >= 15 is 0 Å². The van der Waals surface area contributed by atoms with Crippen molar-refractivity contribution < 1.29 is 9.90 Å². The van der Waals surface area contributed by atoms with E-state index in [1.807, 2.05) is 0 Å². The maximum Gasteiger partial charge on any atom is 0.320 e. The first-order valence-electron chi connectivity index (χ1n) is 8.59. The van der Waals surface area contributed by atoms with Crippen LogP contribution in [-0.2, 0) is 4.79 Å². The van der Waals surface area contributed by atoms with Gasteiger partial charge in [0.2, 0.25) is 0 Å². The number of rotatable bonds is 4. The Morgan fingerprint density at radius 2 is 1.88 bits per heavy atom. The van der Waals surface area contributed by atoms with Gasteiger partial charge in [0.15, 0.2) is 0 Å². The third-order valence-corrected chi connectivity index (χ3v) is 5.00. The average molecular weight is 323 g/mol. The number of hydrogen-bond donors (Lipinski definition) is 1. The SMILES string of the molecule is Cc1cccc(C(c2cc(C)ccc2C)N2CCCC2C(=O)O)c1. The second kappa shape index (κ2) is 6.78. The molecule has 2 aromatic carbocycles. The molecule has 0 aromatic heterocycles. The van der Waals surface area contributed by atoms with Crippen LogP contribution in [0.3, 0.4) is 0 Å². The largest absolute Gasteiger partial charge is 0.480 e. The summed E-state index contributed by atoms with van der Waals surface area (Å²) in [5.41, 5.74) is 6.02. The van der Waals surface area contributed by atoms with Gasteiger partial charge in [-0.15, -0.1) is 0 Å². The van der Waals surface area contributed by atoms with Crippen LogP contribution in [0.15, 0.2) is 42.5 Å². The maximum atomic E-state index is 11.8. The number of carboxylic acids is 1. The zero-order valence-electron chi connectivity index (χ0n) is 14.6. The van der Waals surface area contributed by atoms with E-state index in [9.17, 15) is 9.90 Å². The van der Waals surface area contributed by atoms with Crippen LogP contribution < -0.4 is 0 Å². The van der Waals surface area contributed by atoms with Gasteiger partial charge in [-0.1, -0.05) is 53.6 Å². The van der Waals surface area contributed by atoms with E-state index in [1.165, 1.54) is 27.8 Å². The van der Waals surface area contributed by atoms with Crippen molar-refractivity contribution in [3.05, 3.63) is 70.3 Å². The Bertz CT molecular complexity index is 753. The lowest BCUT2D eigenvalue weighted by molar-refractivity contribution is -0.142. The fourth-order valence-corrected chi connectivity index (χ4v) is 3.81. The van der Waals surface area contributed by atoms with Crippen LogP contribution in [-0.4, -0.2) is 28.6 Å². The molecule has 0 bridgehead atoms. The van der Waals surface area contributed by atoms with E-state index in [0.29, 0.717) is 0 Å². The summed E-state index contributed by atoms with van der Waals surface area (Å²) >= 11 is 0. The minimum absolute atomic E-state index is 0.00611. The van der Waals surface area contributed by atoms with Crippen LogP contribution in [0, 0.1) is 20.8 Å². The highest BCUT2D eigenvalue weighted by atomic mass is 16.4. The fourth-order valence-electron chi connectivity index (χ4n) is 3.81. The van der Waals surface area contributed by atoms with Crippen molar-refractivity contribution in [2.24, 2.45) is 0 Å². The molecule has 0 amide bonds. The Kier molecular flexibility index (Phi) is 4.72. The van der Waals surface area contributed by atoms with Crippen molar-refractivity contribution in [1.29, 1.82) is 0 Å². The molecule has 1 heterocycles. The lowest BCUT2D eigenvalue weighted by Gasteiger charge is -2.33. The molecule has 0 saturated carbocycles. The van der Waals surface area contributed by atoms with Gasteiger partial charge in [0.25, 0.3) is 0 Å². The van der Waals surface area contributed by atoms with Crippen LogP contribution in [0.25, 0.3) is 0 Å². The highest BCUT2D eigenvalue weighted by molar-refractivity contribution is 5.74. The monoisotopic (exact) mass is 323 g/mol. The van der Waals surface area contributed by atoms with Gasteiger partial charge in [0, 0.05) is 6.54 Å². The summed E-state index contributed by atoms with van der Waals surface area (Å²) in [4.78, 5) is 13.9. The first kappa shape index (κ1) is 16.7. The summed E-state index contributed by atoms with van der Waals surface area (Å²) in [6.45, 7) is 7.11. The number of carboxylic acid groups (broad SMARTS) is 1. The van der Waals surface area contributed by atoms with Gasteiger partial charge >= 0.3 is 5.97 Å². The molecule has 3 nitrogen and oxygen atoms in total. The fraction of sp³-hybridized carbons (Fsp3) is 0.381. The first-order chi connectivity index (χ1) is 11.5. The molecule has 3 rings (SSSR count). The molecule has 1 fully saturated rings. The van der Waals surface area contributed by atoms with Crippen molar-refractivity contribution in [3.8, 4) is 0 Å². The van der Waals surface area contributed by atoms with E-state index in [1.54, 1.807) is 0 Å². The number of benzene rings is 2. The summed E-state index contributed by atoms with van der Waals surface area (Å²) in [6.07, 6.45) is 1.66. The van der Waals surface area contributed by atoms with Gasteiger partial charge in [-0.05, 0) is 50.3 Å². The normalized spacial score (nSPS) is 19.4. The summed E-state index contributed by atoms with van der Waals surface area (Å²) < 4.78 is 0. The lowest BCUT2D eigenvalue weighted by atomic mass is 9.91. The molecular formula is C21H25NO2. The molecule has 0 radical (unpaired) electrons. The van der Waals surface area contributed by atoms with Gasteiger partial charge in [-0.25, -0.2) is 0 Å².